The number of alkyl halides is 1. The van der Waals surface area contributed by atoms with Gasteiger partial charge in [0.05, 0.1) is 21.3 Å². The maximum absolute atomic E-state index is 12.9. The van der Waals surface area contributed by atoms with Crippen LogP contribution in [0.4, 0.5) is 0 Å². The van der Waals surface area contributed by atoms with Gasteiger partial charge < -0.3 is 24.8 Å². The minimum absolute atomic E-state index is 0.144. The number of ketones is 1. The maximum Gasteiger partial charge on any atom is 0.210 e. The van der Waals surface area contributed by atoms with E-state index in [1.54, 1.807) is 18.3 Å². The predicted octanol–water partition coefficient (Wildman–Crippen LogP) is 3.56. The van der Waals surface area contributed by atoms with Gasteiger partial charge in [0.1, 0.15) is 11.9 Å². The molecule has 1 atom stereocenters. The van der Waals surface area contributed by atoms with Gasteiger partial charge in [0.2, 0.25) is 11.5 Å². The maximum atomic E-state index is 12.9. The number of benzene rings is 2. The molecule has 1 heterocycles. The molecule has 2 aromatic rings. The molecule has 0 saturated carbocycles. The number of methoxy groups -OCH3 is 3. The van der Waals surface area contributed by atoms with Crippen molar-refractivity contribution in [3.63, 3.8) is 0 Å². The third-order valence-corrected chi connectivity index (χ3v) is 5.21. The summed E-state index contributed by atoms with van der Waals surface area (Å²) in [6.07, 6.45) is 1.55. The van der Waals surface area contributed by atoms with Crippen LogP contribution in [0.5, 0.6) is 17.2 Å². The van der Waals surface area contributed by atoms with Gasteiger partial charge in [0, 0.05) is 16.2 Å². The molecule has 0 saturated heterocycles. The molecule has 0 aliphatic carbocycles. The number of allylic oxidation sites excluding steroid dienone is 1. The summed E-state index contributed by atoms with van der Waals surface area (Å²) in [4.78, 5) is 12.9. The van der Waals surface area contributed by atoms with Crippen LogP contribution in [0.15, 0.2) is 48.3 Å². The molecule has 0 amide bonds. The molecular weight excluding hydrogens is 459 g/mol. The summed E-state index contributed by atoms with van der Waals surface area (Å²) in [5, 5.41) is 6.44. The Kier molecular flexibility index (Phi) is 6.10. The number of hydrogen-bond acceptors (Lipinski definition) is 6. The molecule has 2 N–H and O–H groups in total. The first-order chi connectivity index (χ1) is 13.1. The summed E-state index contributed by atoms with van der Waals surface area (Å²) < 4.78 is 16.9. The smallest absolute Gasteiger partial charge is 0.210 e. The summed E-state index contributed by atoms with van der Waals surface area (Å²) in [7, 11) is 4.58. The quantitative estimate of drug-likeness (QED) is 0.359. The van der Waals surface area contributed by atoms with Crippen molar-refractivity contribution in [1.29, 1.82) is 0 Å². The van der Waals surface area contributed by atoms with Crippen LogP contribution in [0.25, 0.3) is 0 Å². The van der Waals surface area contributed by atoms with Gasteiger partial charge in [0.25, 0.3) is 0 Å². The average molecular weight is 480 g/mol. The van der Waals surface area contributed by atoms with E-state index in [1.165, 1.54) is 26.9 Å². The standard InChI is InChI=1S/C20H21IN2O4/c1-25-16-8-14(9-17(26-2)19(16)27-3)18(24)15-11-22-20(23-15)13-6-4-12(10-21)5-7-13/h4-9,11,20,22-23H,10H2,1-3H3. The first kappa shape index (κ1) is 19.3. The molecule has 1 unspecified atom stereocenters. The lowest BCUT2D eigenvalue weighted by Gasteiger charge is -2.16. The molecule has 2 aromatic carbocycles. The van der Waals surface area contributed by atoms with Crippen molar-refractivity contribution >= 4 is 28.4 Å². The van der Waals surface area contributed by atoms with Crippen molar-refractivity contribution in [2.24, 2.45) is 0 Å². The van der Waals surface area contributed by atoms with Gasteiger partial charge in [-0.25, -0.2) is 0 Å². The first-order valence-electron chi connectivity index (χ1n) is 8.33. The van der Waals surface area contributed by atoms with Gasteiger partial charge in [-0.3, -0.25) is 4.79 Å². The number of Topliss-reactive ketones (excluding diaryl/α,β-unsaturated/α-hetero) is 1. The molecule has 3 rings (SSSR count). The van der Waals surface area contributed by atoms with Crippen molar-refractivity contribution in [3.05, 3.63) is 65.0 Å². The number of nitrogens with one attached hydrogen (secondary N) is 2. The van der Waals surface area contributed by atoms with Crippen LogP contribution >= 0.6 is 22.6 Å². The largest absolute Gasteiger partial charge is 0.493 e. The lowest BCUT2D eigenvalue weighted by atomic mass is 10.1. The highest BCUT2D eigenvalue weighted by molar-refractivity contribution is 14.1. The van der Waals surface area contributed by atoms with Crippen LogP contribution in [0.1, 0.15) is 27.7 Å². The third kappa shape index (κ3) is 3.97. The average Bonchev–Trinajstić information content (AvgIpc) is 3.22. The zero-order chi connectivity index (χ0) is 19.4. The Balaban J connectivity index is 1.80. The van der Waals surface area contributed by atoms with Gasteiger partial charge >= 0.3 is 0 Å². The molecule has 0 spiro atoms. The minimum Gasteiger partial charge on any atom is -0.493 e. The first-order valence-corrected chi connectivity index (χ1v) is 9.86. The van der Waals surface area contributed by atoms with Crippen LogP contribution in [0.3, 0.4) is 0 Å². The van der Waals surface area contributed by atoms with Gasteiger partial charge in [0.15, 0.2) is 11.5 Å². The summed E-state index contributed by atoms with van der Waals surface area (Å²) in [6.45, 7) is 0. The van der Waals surface area contributed by atoms with Crippen LogP contribution in [0, 0.1) is 0 Å². The van der Waals surface area contributed by atoms with Crippen molar-refractivity contribution in [3.8, 4) is 17.2 Å². The Hall–Kier alpha value is -2.42. The fourth-order valence-electron chi connectivity index (χ4n) is 2.88. The predicted molar refractivity (Wildman–Crippen MR) is 112 cm³/mol. The normalized spacial score (nSPS) is 15.4. The Labute approximate surface area is 172 Å². The molecule has 6 nitrogen and oxygen atoms in total. The highest BCUT2D eigenvalue weighted by Gasteiger charge is 2.25. The Morgan fingerprint density at radius 1 is 1.04 bits per heavy atom. The second-order valence-electron chi connectivity index (χ2n) is 5.92. The van der Waals surface area contributed by atoms with Crippen molar-refractivity contribution < 1.29 is 19.0 Å². The molecule has 0 aromatic heterocycles. The fourth-order valence-corrected chi connectivity index (χ4v) is 3.39. The molecule has 0 bridgehead atoms. The van der Waals surface area contributed by atoms with Gasteiger partial charge in [-0.2, -0.15) is 0 Å². The number of carbonyl (C=O) groups is 1. The van der Waals surface area contributed by atoms with E-state index in [-0.39, 0.29) is 11.9 Å². The van der Waals surface area contributed by atoms with Crippen molar-refractivity contribution in [2.75, 3.05) is 21.3 Å². The zero-order valence-corrected chi connectivity index (χ0v) is 17.5. The molecule has 7 heteroatoms. The number of carbonyl (C=O) groups excluding carboxylic acids is 1. The van der Waals surface area contributed by atoms with Crippen LogP contribution in [-0.2, 0) is 4.43 Å². The summed E-state index contributed by atoms with van der Waals surface area (Å²) in [6, 6.07) is 11.6. The fraction of sp³-hybridized carbons (Fsp3) is 0.250. The van der Waals surface area contributed by atoms with Gasteiger partial charge in [-0.1, -0.05) is 46.9 Å². The summed E-state index contributed by atoms with van der Waals surface area (Å²) >= 11 is 2.33. The summed E-state index contributed by atoms with van der Waals surface area (Å²) in [5.74, 6) is 1.18. The SMILES string of the molecule is COc1cc(C(=O)C2=CNC(c3ccc(CI)cc3)N2)cc(OC)c1OC. The van der Waals surface area contributed by atoms with E-state index in [4.69, 9.17) is 14.2 Å². The van der Waals surface area contributed by atoms with E-state index in [0.717, 1.165) is 9.99 Å². The number of ether oxygens (including phenoxy) is 3. The van der Waals surface area contributed by atoms with E-state index in [0.29, 0.717) is 28.5 Å². The number of rotatable bonds is 7. The molecule has 1 aliphatic rings. The Bertz CT molecular complexity index is 840. The summed E-state index contributed by atoms with van der Waals surface area (Å²) in [5.41, 5.74) is 3.25. The van der Waals surface area contributed by atoms with Crippen molar-refractivity contribution in [2.45, 2.75) is 10.6 Å². The molecule has 142 valence electrons. The van der Waals surface area contributed by atoms with E-state index in [1.807, 2.05) is 0 Å². The van der Waals surface area contributed by atoms with E-state index in [9.17, 15) is 4.79 Å². The lowest BCUT2D eigenvalue weighted by molar-refractivity contribution is 0.102. The second kappa shape index (κ2) is 8.51. The zero-order valence-electron chi connectivity index (χ0n) is 15.3. The van der Waals surface area contributed by atoms with Crippen molar-refractivity contribution in [1.82, 2.24) is 10.6 Å². The lowest BCUT2D eigenvalue weighted by Crippen LogP contribution is -2.25. The number of halogens is 1. The third-order valence-electron chi connectivity index (χ3n) is 4.33. The van der Waals surface area contributed by atoms with Gasteiger partial charge in [-0.05, 0) is 23.3 Å². The number of hydrogen-bond donors (Lipinski definition) is 2. The highest BCUT2D eigenvalue weighted by Crippen LogP contribution is 2.38. The Morgan fingerprint density at radius 2 is 1.67 bits per heavy atom. The van der Waals surface area contributed by atoms with E-state index < -0.39 is 0 Å². The second-order valence-corrected chi connectivity index (χ2v) is 6.68. The molecule has 27 heavy (non-hydrogen) atoms. The highest BCUT2D eigenvalue weighted by atomic mass is 127. The monoisotopic (exact) mass is 480 g/mol. The van der Waals surface area contributed by atoms with E-state index >= 15 is 0 Å². The van der Waals surface area contributed by atoms with Gasteiger partial charge in [-0.15, -0.1) is 0 Å². The minimum atomic E-state index is -0.159. The van der Waals surface area contributed by atoms with Crippen LogP contribution < -0.4 is 24.8 Å². The Morgan fingerprint density at radius 3 is 2.19 bits per heavy atom. The van der Waals surface area contributed by atoms with Crippen LogP contribution in [0.2, 0.25) is 0 Å². The molecular formula is C20H21IN2O4. The topological polar surface area (TPSA) is 68.8 Å². The van der Waals surface area contributed by atoms with E-state index in [2.05, 4.69) is 57.5 Å². The molecule has 0 fully saturated rings. The molecule has 1 aliphatic heterocycles. The molecule has 0 radical (unpaired) electrons. The van der Waals surface area contributed by atoms with Crippen LogP contribution in [-0.4, -0.2) is 27.1 Å².